The Morgan fingerprint density at radius 1 is 1.45 bits per heavy atom. The van der Waals surface area contributed by atoms with Gasteiger partial charge in [-0.3, -0.25) is 0 Å². The van der Waals surface area contributed by atoms with E-state index >= 15 is 0 Å². The number of aryl methyl sites for hydroxylation is 1. The second kappa shape index (κ2) is 5.25. The third-order valence-corrected chi connectivity index (χ3v) is 3.35. The van der Waals surface area contributed by atoms with E-state index in [4.69, 9.17) is 4.42 Å². The van der Waals surface area contributed by atoms with Crippen LogP contribution in [0.5, 0.6) is 0 Å². The summed E-state index contributed by atoms with van der Waals surface area (Å²) in [6.45, 7) is 1.63. The van der Waals surface area contributed by atoms with E-state index in [2.05, 4.69) is 9.97 Å². The summed E-state index contributed by atoms with van der Waals surface area (Å²) in [5, 5.41) is 10.7. The van der Waals surface area contributed by atoms with Crippen LogP contribution in [0.25, 0.3) is 0 Å². The maximum absolute atomic E-state index is 11.3. The Hall–Kier alpha value is -2.49. The predicted molar refractivity (Wildman–Crippen MR) is 67.8 cm³/mol. The Bertz CT molecular complexity index is 793. The van der Waals surface area contributed by atoms with Crippen molar-refractivity contribution in [1.29, 1.82) is 0 Å². The molecular weight excluding hydrogens is 288 g/mol. The van der Waals surface area contributed by atoms with E-state index in [0.717, 1.165) is 6.20 Å². The molecule has 0 aliphatic rings. The predicted octanol–water partition coefficient (Wildman–Crippen LogP) is 0.267. The monoisotopic (exact) mass is 298 g/mol. The van der Waals surface area contributed by atoms with Gasteiger partial charge in [-0.15, -0.1) is 0 Å². The van der Waals surface area contributed by atoms with E-state index in [-0.39, 0.29) is 28.8 Å². The quantitative estimate of drug-likeness (QED) is 0.343. The van der Waals surface area contributed by atoms with Crippen molar-refractivity contribution in [2.45, 2.75) is 13.3 Å². The first-order valence-corrected chi connectivity index (χ1v) is 6.50. The van der Waals surface area contributed by atoms with Gasteiger partial charge in [-0.2, -0.15) is 8.42 Å². The van der Waals surface area contributed by atoms with Gasteiger partial charge in [0.2, 0.25) is 22.0 Å². The standard InChI is InChI=1S/C10H10N4O5S/c1-6-4-12-10(19-6)7(20(17)18)3-8-11-5-9(13(8)2)14(15)16/h4-5H,3H2,1-2H3. The van der Waals surface area contributed by atoms with Crippen molar-refractivity contribution in [2.24, 2.45) is 7.05 Å². The van der Waals surface area contributed by atoms with Crippen LogP contribution in [0.1, 0.15) is 17.5 Å². The van der Waals surface area contributed by atoms with Crippen molar-refractivity contribution in [3.8, 4) is 0 Å². The molecule has 0 saturated carbocycles. The molecule has 0 amide bonds. The first kappa shape index (κ1) is 13.9. The Balaban J connectivity index is 2.41. The summed E-state index contributed by atoms with van der Waals surface area (Å²) >= 11 is 0. The number of oxazole rings is 1. The third kappa shape index (κ3) is 2.59. The van der Waals surface area contributed by atoms with Gasteiger partial charge in [0.05, 0.1) is 19.7 Å². The molecule has 10 heteroatoms. The maximum Gasteiger partial charge on any atom is 0.342 e. The number of imidazole rings is 1. The topological polar surface area (TPSA) is 121 Å². The van der Waals surface area contributed by atoms with Crippen molar-refractivity contribution < 1.29 is 17.8 Å². The highest BCUT2D eigenvalue weighted by Gasteiger charge is 2.21. The highest BCUT2D eigenvalue weighted by Crippen LogP contribution is 2.14. The number of hydrogen-bond acceptors (Lipinski definition) is 7. The second-order valence-corrected chi connectivity index (χ2v) is 4.92. The van der Waals surface area contributed by atoms with Crippen LogP contribution in [0.4, 0.5) is 5.82 Å². The number of aromatic nitrogens is 3. The lowest BCUT2D eigenvalue weighted by Crippen LogP contribution is -2.12. The molecule has 2 aromatic heterocycles. The summed E-state index contributed by atoms with van der Waals surface area (Å²) in [6.07, 6.45) is 2.32. The molecule has 106 valence electrons. The molecule has 2 rings (SSSR count). The molecule has 0 aromatic carbocycles. The smallest absolute Gasteiger partial charge is 0.342 e. The van der Waals surface area contributed by atoms with Gasteiger partial charge in [-0.25, -0.2) is 14.5 Å². The zero-order chi connectivity index (χ0) is 14.9. The average molecular weight is 298 g/mol. The van der Waals surface area contributed by atoms with Crippen molar-refractivity contribution in [3.63, 3.8) is 0 Å². The molecule has 2 aromatic rings. The van der Waals surface area contributed by atoms with Crippen LogP contribution in [-0.2, 0) is 23.8 Å². The normalized spacial score (nSPS) is 10.5. The molecule has 0 fully saturated rings. The van der Waals surface area contributed by atoms with Gasteiger partial charge in [-0.05, 0) is 11.8 Å². The van der Waals surface area contributed by atoms with Crippen LogP contribution in [0.3, 0.4) is 0 Å². The molecular formula is C10H10N4O5S. The van der Waals surface area contributed by atoms with Crippen LogP contribution in [0, 0.1) is 17.0 Å². The second-order valence-electron chi connectivity index (χ2n) is 3.96. The number of nitrogens with zero attached hydrogens (tertiary/aromatic N) is 4. The molecule has 0 saturated heterocycles. The summed E-state index contributed by atoms with van der Waals surface area (Å²) < 4.78 is 28.9. The van der Waals surface area contributed by atoms with Gasteiger partial charge in [0, 0.05) is 0 Å². The molecule has 0 aliphatic carbocycles. The SMILES string of the molecule is Cc1cnc(C(Cc2ncc([N+](=O)[O-])n2C)=S(=O)=O)o1. The van der Waals surface area contributed by atoms with Gasteiger partial charge >= 0.3 is 5.82 Å². The van der Waals surface area contributed by atoms with Crippen molar-refractivity contribution in [3.05, 3.63) is 40.0 Å². The fourth-order valence-corrected chi connectivity index (χ4v) is 2.09. The number of hydrogen-bond donors (Lipinski definition) is 0. The lowest BCUT2D eigenvalue weighted by atomic mass is 10.3. The summed E-state index contributed by atoms with van der Waals surface area (Å²) in [5.41, 5.74) is 0. The average Bonchev–Trinajstić information content (AvgIpc) is 2.92. The van der Waals surface area contributed by atoms with E-state index < -0.39 is 15.2 Å². The molecule has 0 spiro atoms. The zero-order valence-electron chi connectivity index (χ0n) is 10.6. The molecule has 20 heavy (non-hydrogen) atoms. The summed E-state index contributed by atoms with van der Waals surface area (Å²) in [5.74, 6) is 0.432. The van der Waals surface area contributed by atoms with Crippen molar-refractivity contribution >= 4 is 21.0 Å². The van der Waals surface area contributed by atoms with Crippen molar-refractivity contribution in [2.75, 3.05) is 0 Å². The van der Waals surface area contributed by atoms with E-state index in [1.165, 1.54) is 17.8 Å². The molecule has 0 aliphatic heterocycles. The van der Waals surface area contributed by atoms with Crippen LogP contribution in [0.2, 0.25) is 0 Å². The van der Waals surface area contributed by atoms with Crippen LogP contribution in [-0.4, -0.2) is 32.7 Å². The van der Waals surface area contributed by atoms with Crippen LogP contribution in [0.15, 0.2) is 16.8 Å². The lowest BCUT2D eigenvalue weighted by molar-refractivity contribution is -0.391. The molecule has 0 bridgehead atoms. The summed E-state index contributed by atoms with van der Waals surface area (Å²) in [6, 6.07) is 0. The molecule has 9 nitrogen and oxygen atoms in total. The lowest BCUT2D eigenvalue weighted by Gasteiger charge is -1.98. The number of rotatable bonds is 4. The number of nitro groups is 1. The first-order chi connectivity index (χ1) is 9.40. The van der Waals surface area contributed by atoms with Gasteiger partial charge in [0.25, 0.3) is 0 Å². The van der Waals surface area contributed by atoms with E-state index in [9.17, 15) is 18.5 Å². The zero-order valence-corrected chi connectivity index (χ0v) is 11.4. The van der Waals surface area contributed by atoms with E-state index in [0.29, 0.717) is 5.76 Å². The first-order valence-electron chi connectivity index (χ1n) is 5.43. The summed E-state index contributed by atoms with van der Waals surface area (Å²) in [7, 11) is -1.13. The molecule has 0 N–H and O–H groups in total. The third-order valence-electron chi connectivity index (χ3n) is 2.63. The molecule has 2 heterocycles. The van der Waals surface area contributed by atoms with Gasteiger partial charge in [0.15, 0.2) is 0 Å². The largest absolute Gasteiger partial charge is 0.441 e. The Morgan fingerprint density at radius 2 is 2.15 bits per heavy atom. The molecule has 0 atom stereocenters. The van der Waals surface area contributed by atoms with Crippen molar-refractivity contribution in [1.82, 2.24) is 14.5 Å². The Labute approximate surface area is 114 Å². The van der Waals surface area contributed by atoms with Crippen LogP contribution < -0.4 is 0 Å². The highest BCUT2D eigenvalue weighted by atomic mass is 32.2. The fraction of sp³-hybridized carbons (Fsp3) is 0.300. The molecule has 0 radical (unpaired) electrons. The van der Waals surface area contributed by atoms with E-state index in [1.54, 1.807) is 6.92 Å². The maximum atomic E-state index is 11.3. The summed E-state index contributed by atoms with van der Waals surface area (Å²) in [4.78, 5) is 17.7. The van der Waals surface area contributed by atoms with Crippen LogP contribution >= 0.6 is 0 Å². The molecule has 0 unspecified atom stereocenters. The van der Waals surface area contributed by atoms with Gasteiger partial charge in [0.1, 0.15) is 16.8 Å². The fourth-order valence-electron chi connectivity index (χ4n) is 1.60. The Kier molecular flexibility index (Phi) is 3.66. The van der Waals surface area contributed by atoms with Gasteiger partial charge < -0.3 is 14.5 Å². The van der Waals surface area contributed by atoms with E-state index in [1.807, 2.05) is 0 Å². The Morgan fingerprint density at radius 3 is 2.60 bits per heavy atom. The minimum absolute atomic E-state index is 0.0403. The minimum atomic E-state index is -2.56. The van der Waals surface area contributed by atoms with Gasteiger partial charge in [-0.1, -0.05) is 0 Å². The highest BCUT2D eigenvalue weighted by molar-refractivity contribution is 7.73. The minimum Gasteiger partial charge on any atom is -0.441 e.